The normalized spacial score (nSPS) is 11.8. The second-order valence-corrected chi connectivity index (χ2v) is 8.19. The summed E-state index contributed by atoms with van der Waals surface area (Å²) in [6, 6.07) is 27.4. The topological polar surface area (TPSA) is 25.8 Å². The highest BCUT2D eigenvalue weighted by atomic mass is 35.5. The molecule has 0 amide bonds. The van der Waals surface area contributed by atoms with Crippen LogP contribution in [-0.4, -0.2) is 9.97 Å². The molecule has 0 aliphatic rings. The number of thiophene rings is 1. The van der Waals surface area contributed by atoms with Crippen molar-refractivity contribution in [3.63, 3.8) is 0 Å². The van der Waals surface area contributed by atoms with Gasteiger partial charge in [-0.05, 0) is 34.5 Å². The van der Waals surface area contributed by atoms with Crippen LogP contribution in [0.5, 0.6) is 0 Å². The molecule has 0 spiro atoms. The fourth-order valence-electron chi connectivity index (χ4n) is 4.01. The van der Waals surface area contributed by atoms with Crippen molar-refractivity contribution in [2.75, 3.05) is 0 Å². The van der Waals surface area contributed by atoms with Gasteiger partial charge in [0.2, 0.25) is 5.28 Å². The SMILES string of the molecule is Clc1nc(-c2cccc3c2sc2ccc4ccccc4c23)c2ccccc2n1. The predicted octanol–water partition coefficient (Wildman–Crippen LogP) is 7.47. The fourth-order valence-corrected chi connectivity index (χ4v) is 5.42. The summed E-state index contributed by atoms with van der Waals surface area (Å²) in [4.78, 5) is 9.00. The molecule has 132 valence electrons. The van der Waals surface area contributed by atoms with Crippen molar-refractivity contribution in [3.05, 3.63) is 84.1 Å². The molecule has 0 radical (unpaired) electrons. The van der Waals surface area contributed by atoms with E-state index in [9.17, 15) is 0 Å². The predicted molar refractivity (Wildman–Crippen MR) is 120 cm³/mol. The summed E-state index contributed by atoms with van der Waals surface area (Å²) in [5, 5.41) is 6.40. The molecule has 0 bridgehead atoms. The number of rotatable bonds is 1. The van der Waals surface area contributed by atoms with E-state index >= 15 is 0 Å². The van der Waals surface area contributed by atoms with Crippen LogP contribution in [-0.2, 0) is 0 Å². The molecule has 4 heteroatoms. The fraction of sp³-hybridized carbons (Fsp3) is 0. The zero-order valence-electron chi connectivity index (χ0n) is 14.7. The van der Waals surface area contributed by atoms with Gasteiger partial charge in [0.25, 0.3) is 0 Å². The minimum Gasteiger partial charge on any atom is -0.218 e. The second kappa shape index (κ2) is 5.99. The van der Waals surface area contributed by atoms with E-state index in [4.69, 9.17) is 11.6 Å². The van der Waals surface area contributed by atoms with Crippen LogP contribution in [0.2, 0.25) is 5.28 Å². The van der Waals surface area contributed by atoms with Crippen molar-refractivity contribution in [3.8, 4) is 11.3 Å². The standard InChI is InChI=1S/C24H13ClN2S/c25-24-26-19-11-4-3-8-16(19)22(27-24)18-10-5-9-17-21-15-7-2-1-6-14(15)12-13-20(21)28-23(17)18/h1-13H. The first-order valence-corrected chi connectivity index (χ1v) is 10.2. The molecule has 0 aliphatic carbocycles. The number of benzene rings is 4. The van der Waals surface area contributed by atoms with Crippen molar-refractivity contribution in [2.45, 2.75) is 0 Å². The van der Waals surface area contributed by atoms with Crippen LogP contribution in [0.25, 0.3) is 53.1 Å². The van der Waals surface area contributed by atoms with Gasteiger partial charge in [0.05, 0.1) is 11.2 Å². The molecule has 0 N–H and O–H groups in total. The highest BCUT2D eigenvalue weighted by molar-refractivity contribution is 7.26. The Hall–Kier alpha value is -3.01. The molecule has 28 heavy (non-hydrogen) atoms. The first kappa shape index (κ1) is 16.0. The Morgan fingerprint density at radius 2 is 1.46 bits per heavy atom. The van der Waals surface area contributed by atoms with Crippen LogP contribution >= 0.6 is 22.9 Å². The van der Waals surface area contributed by atoms with Crippen LogP contribution in [0.1, 0.15) is 0 Å². The summed E-state index contributed by atoms with van der Waals surface area (Å²) in [6.07, 6.45) is 0. The number of aromatic nitrogens is 2. The summed E-state index contributed by atoms with van der Waals surface area (Å²) in [6.45, 7) is 0. The number of hydrogen-bond acceptors (Lipinski definition) is 3. The second-order valence-electron chi connectivity index (χ2n) is 6.80. The van der Waals surface area contributed by atoms with E-state index in [0.717, 1.165) is 22.2 Å². The molecule has 0 fully saturated rings. The Bertz CT molecular complexity index is 1530. The maximum Gasteiger partial charge on any atom is 0.223 e. The molecule has 6 rings (SSSR count). The minimum absolute atomic E-state index is 0.275. The lowest BCUT2D eigenvalue weighted by molar-refractivity contribution is 1.23. The van der Waals surface area contributed by atoms with Crippen molar-refractivity contribution in [2.24, 2.45) is 0 Å². The van der Waals surface area contributed by atoms with E-state index < -0.39 is 0 Å². The van der Waals surface area contributed by atoms with Gasteiger partial charge in [-0.15, -0.1) is 11.3 Å². The monoisotopic (exact) mass is 396 g/mol. The highest BCUT2D eigenvalue weighted by Crippen LogP contribution is 2.43. The van der Waals surface area contributed by atoms with E-state index in [1.165, 1.54) is 30.9 Å². The molecule has 0 atom stereocenters. The minimum atomic E-state index is 0.275. The number of fused-ring (bicyclic) bond motifs is 6. The summed E-state index contributed by atoms with van der Waals surface area (Å²) in [5.41, 5.74) is 2.85. The maximum atomic E-state index is 6.26. The summed E-state index contributed by atoms with van der Waals surface area (Å²) in [7, 11) is 0. The largest absolute Gasteiger partial charge is 0.223 e. The molecule has 0 saturated heterocycles. The van der Waals surface area contributed by atoms with Crippen LogP contribution < -0.4 is 0 Å². The van der Waals surface area contributed by atoms with Crippen LogP contribution in [0.15, 0.2) is 78.9 Å². The maximum absolute atomic E-state index is 6.26. The van der Waals surface area contributed by atoms with Crippen LogP contribution in [0, 0.1) is 0 Å². The molecule has 2 nitrogen and oxygen atoms in total. The van der Waals surface area contributed by atoms with Gasteiger partial charge in [-0.2, -0.15) is 0 Å². The van der Waals surface area contributed by atoms with Crippen molar-refractivity contribution in [1.82, 2.24) is 9.97 Å². The number of halogens is 1. The molecule has 0 saturated carbocycles. The van der Waals surface area contributed by atoms with E-state index in [1.807, 2.05) is 29.5 Å². The van der Waals surface area contributed by atoms with Crippen molar-refractivity contribution >= 4 is 64.8 Å². The molecule has 4 aromatic carbocycles. The average molecular weight is 397 g/mol. The lowest BCUT2D eigenvalue weighted by Gasteiger charge is -2.07. The highest BCUT2D eigenvalue weighted by Gasteiger charge is 2.16. The Morgan fingerprint density at radius 1 is 0.679 bits per heavy atom. The Balaban J connectivity index is 1.78. The molecule has 2 heterocycles. The first-order valence-electron chi connectivity index (χ1n) is 9.05. The summed E-state index contributed by atoms with van der Waals surface area (Å²) >= 11 is 8.07. The van der Waals surface area contributed by atoms with Crippen molar-refractivity contribution in [1.29, 1.82) is 0 Å². The third kappa shape index (κ3) is 2.27. The third-order valence-electron chi connectivity index (χ3n) is 5.22. The van der Waals surface area contributed by atoms with Gasteiger partial charge in [0, 0.05) is 31.1 Å². The van der Waals surface area contributed by atoms with Gasteiger partial charge < -0.3 is 0 Å². The van der Waals surface area contributed by atoms with Gasteiger partial charge in [-0.25, -0.2) is 9.97 Å². The Labute approximate surface area is 170 Å². The average Bonchev–Trinajstić information content (AvgIpc) is 3.12. The van der Waals surface area contributed by atoms with Gasteiger partial charge >= 0.3 is 0 Å². The third-order valence-corrected chi connectivity index (χ3v) is 6.59. The first-order chi connectivity index (χ1) is 13.8. The van der Waals surface area contributed by atoms with Crippen molar-refractivity contribution < 1.29 is 0 Å². The lowest BCUT2D eigenvalue weighted by atomic mass is 10.0. The number of nitrogens with zero attached hydrogens (tertiary/aromatic N) is 2. The van der Waals surface area contributed by atoms with E-state index in [2.05, 4.69) is 70.6 Å². The zero-order valence-corrected chi connectivity index (χ0v) is 16.3. The zero-order chi connectivity index (χ0) is 18.7. The van der Waals surface area contributed by atoms with Crippen LogP contribution in [0.4, 0.5) is 0 Å². The van der Waals surface area contributed by atoms with Gasteiger partial charge in [0.1, 0.15) is 0 Å². The smallest absolute Gasteiger partial charge is 0.218 e. The Kier molecular flexibility index (Phi) is 3.42. The molecular formula is C24H13ClN2S. The van der Waals surface area contributed by atoms with Crippen LogP contribution in [0.3, 0.4) is 0 Å². The molecule has 6 aromatic rings. The number of hydrogen-bond donors (Lipinski definition) is 0. The molecular weight excluding hydrogens is 384 g/mol. The summed E-state index contributed by atoms with van der Waals surface area (Å²) < 4.78 is 2.51. The van der Waals surface area contributed by atoms with E-state index in [0.29, 0.717) is 0 Å². The Morgan fingerprint density at radius 3 is 2.39 bits per heavy atom. The number of para-hydroxylation sites is 1. The van der Waals surface area contributed by atoms with E-state index in [1.54, 1.807) is 0 Å². The molecule has 2 aromatic heterocycles. The molecule has 0 unspecified atom stereocenters. The molecule has 0 aliphatic heterocycles. The summed E-state index contributed by atoms with van der Waals surface area (Å²) in [5.74, 6) is 0. The van der Waals surface area contributed by atoms with Gasteiger partial charge in [-0.3, -0.25) is 0 Å². The lowest BCUT2D eigenvalue weighted by Crippen LogP contribution is -1.91. The quantitative estimate of drug-likeness (QED) is 0.269. The van der Waals surface area contributed by atoms with E-state index in [-0.39, 0.29) is 5.28 Å². The van der Waals surface area contributed by atoms with Gasteiger partial charge in [0.15, 0.2) is 0 Å². The van der Waals surface area contributed by atoms with Gasteiger partial charge in [-0.1, -0.05) is 66.7 Å².